The maximum atomic E-state index is 11.8. The molecule has 0 amide bonds. The van der Waals surface area contributed by atoms with Crippen LogP contribution in [0.2, 0.25) is 0 Å². The van der Waals surface area contributed by atoms with E-state index in [1.165, 1.54) is 38.8 Å². The van der Waals surface area contributed by atoms with E-state index in [9.17, 15) is 4.79 Å². The summed E-state index contributed by atoms with van der Waals surface area (Å²) in [6.07, 6.45) is 10.4. The lowest BCUT2D eigenvalue weighted by molar-refractivity contribution is -0.133. The Bertz CT molecular complexity index is 1130. The SMILES string of the molecule is C=CC(=O)OC1=Cc2cccc3c2C1=c1c(ccc2c1=CC=C2)C3. The number of esters is 1. The number of rotatable bonds is 2. The third kappa shape index (κ3) is 1.68. The van der Waals surface area contributed by atoms with Crippen LogP contribution in [0.4, 0.5) is 0 Å². The number of fused-ring (bicyclic) bond motifs is 3. The highest BCUT2D eigenvalue weighted by atomic mass is 16.5. The zero-order valence-corrected chi connectivity index (χ0v) is 13.0. The average molecular weight is 310 g/mol. The maximum Gasteiger partial charge on any atom is 0.335 e. The molecule has 3 aliphatic carbocycles. The van der Waals surface area contributed by atoms with Crippen molar-refractivity contribution in [3.8, 4) is 0 Å². The molecule has 0 aromatic heterocycles. The molecule has 2 heteroatoms. The molecule has 0 fully saturated rings. The van der Waals surface area contributed by atoms with E-state index in [1.807, 2.05) is 6.08 Å². The second kappa shape index (κ2) is 4.68. The second-order valence-electron chi connectivity index (χ2n) is 6.20. The van der Waals surface area contributed by atoms with Crippen LogP contribution in [-0.4, -0.2) is 5.97 Å². The number of carbonyl (C=O) groups excluding carboxylic acids is 1. The van der Waals surface area contributed by atoms with Crippen molar-refractivity contribution in [3.05, 3.63) is 93.1 Å². The highest BCUT2D eigenvalue weighted by Gasteiger charge is 2.29. The van der Waals surface area contributed by atoms with Crippen LogP contribution in [0.25, 0.3) is 23.8 Å². The lowest BCUT2D eigenvalue weighted by Gasteiger charge is -2.19. The quantitative estimate of drug-likeness (QED) is 0.630. The van der Waals surface area contributed by atoms with Crippen molar-refractivity contribution in [2.75, 3.05) is 0 Å². The van der Waals surface area contributed by atoms with Gasteiger partial charge < -0.3 is 4.74 Å². The van der Waals surface area contributed by atoms with Gasteiger partial charge >= 0.3 is 5.97 Å². The predicted molar refractivity (Wildman–Crippen MR) is 95.2 cm³/mol. The van der Waals surface area contributed by atoms with Gasteiger partial charge in [0.05, 0.1) is 0 Å². The van der Waals surface area contributed by atoms with Gasteiger partial charge in [-0.05, 0) is 50.8 Å². The molecule has 0 unspecified atom stereocenters. The monoisotopic (exact) mass is 310 g/mol. The average Bonchev–Trinajstić information content (AvgIpc) is 3.21. The van der Waals surface area contributed by atoms with E-state index in [0.29, 0.717) is 5.76 Å². The summed E-state index contributed by atoms with van der Waals surface area (Å²) in [4.78, 5) is 11.8. The van der Waals surface area contributed by atoms with E-state index in [0.717, 1.165) is 17.6 Å². The predicted octanol–water partition coefficient (Wildman–Crippen LogP) is 2.68. The molecule has 0 aliphatic heterocycles. The van der Waals surface area contributed by atoms with Crippen LogP contribution in [0.1, 0.15) is 27.8 Å². The first kappa shape index (κ1) is 13.3. The van der Waals surface area contributed by atoms with Gasteiger partial charge in [0.25, 0.3) is 0 Å². The fourth-order valence-corrected chi connectivity index (χ4v) is 3.91. The summed E-state index contributed by atoms with van der Waals surface area (Å²) in [5.41, 5.74) is 7.11. The lowest BCUT2D eigenvalue weighted by atomic mass is 9.85. The fourth-order valence-electron chi connectivity index (χ4n) is 3.91. The fraction of sp³-hybridized carbons (Fsp3) is 0.0455. The number of carbonyl (C=O) groups is 1. The van der Waals surface area contributed by atoms with Crippen LogP contribution in [0.3, 0.4) is 0 Å². The van der Waals surface area contributed by atoms with Gasteiger partial charge in [0.1, 0.15) is 5.76 Å². The van der Waals surface area contributed by atoms with Gasteiger partial charge in [-0.25, -0.2) is 4.79 Å². The Hall–Kier alpha value is -3.13. The highest BCUT2D eigenvalue weighted by Crippen LogP contribution is 2.39. The van der Waals surface area contributed by atoms with E-state index in [4.69, 9.17) is 4.74 Å². The van der Waals surface area contributed by atoms with Gasteiger partial charge in [-0.15, -0.1) is 0 Å². The number of hydrogen-bond donors (Lipinski definition) is 0. The van der Waals surface area contributed by atoms with Gasteiger partial charge in [0, 0.05) is 11.6 Å². The Balaban J connectivity index is 1.91. The molecule has 0 heterocycles. The lowest BCUT2D eigenvalue weighted by Crippen LogP contribution is -2.35. The number of hydrogen-bond acceptors (Lipinski definition) is 2. The van der Waals surface area contributed by atoms with Crippen molar-refractivity contribution >= 4 is 29.8 Å². The first-order valence-corrected chi connectivity index (χ1v) is 7.99. The standard InChI is InChI=1S/C22H14O2/c1-2-19(23)24-18-12-15-7-3-6-14-11-16-10-9-13-5-4-8-17(13)21(16)22(18)20(14)15/h2-10,12H,1,11H2. The minimum absolute atomic E-state index is 0.426. The largest absolute Gasteiger partial charge is 0.423 e. The van der Waals surface area contributed by atoms with Crippen LogP contribution < -0.4 is 10.4 Å². The molecule has 0 bridgehead atoms. The normalized spacial score (nSPS) is 15.2. The third-order valence-electron chi connectivity index (χ3n) is 4.88. The molecule has 2 nitrogen and oxygen atoms in total. The Morgan fingerprint density at radius 2 is 2.04 bits per heavy atom. The Kier molecular flexibility index (Phi) is 2.60. The van der Waals surface area contributed by atoms with Gasteiger partial charge in [-0.1, -0.05) is 55.1 Å². The van der Waals surface area contributed by atoms with Gasteiger partial charge in [0.15, 0.2) is 0 Å². The molecule has 0 N–H and O–H groups in total. The van der Waals surface area contributed by atoms with E-state index >= 15 is 0 Å². The molecular formula is C22H14O2. The Morgan fingerprint density at radius 3 is 2.92 bits per heavy atom. The van der Waals surface area contributed by atoms with Gasteiger partial charge in [-0.3, -0.25) is 0 Å². The van der Waals surface area contributed by atoms with Gasteiger partial charge in [0.2, 0.25) is 0 Å². The molecule has 24 heavy (non-hydrogen) atoms. The van der Waals surface area contributed by atoms with E-state index in [-0.39, 0.29) is 0 Å². The summed E-state index contributed by atoms with van der Waals surface area (Å²) < 4.78 is 5.58. The summed E-state index contributed by atoms with van der Waals surface area (Å²) >= 11 is 0. The summed E-state index contributed by atoms with van der Waals surface area (Å²) in [6.45, 7) is 3.51. The van der Waals surface area contributed by atoms with Crippen molar-refractivity contribution in [2.24, 2.45) is 0 Å². The number of ether oxygens (including phenoxy) is 1. The molecule has 2 aromatic rings. The number of allylic oxidation sites excluding steroid dienone is 2. The van der Waals surface area contributed by atoms with Crippen molar-refractivity contribution in [3.63, 3.8) is 0 Å². The van der Waals surface area contributed by atoms with E-state index in [2.05, 4.69) is 55.1 Å². The van der Waals surface area contributed by atoms with Crippen molar-refractivity contribution in [1.29, 1.82) is 0 Å². The zero-order chi connectivity index (χ0) is 16.3. The smallest absolute Gasteiger partial charge is 0.335 e. The molecule has 2 aromatic carbocycles. The van der Waals surface area contributed by atoms with Crippen molar-refractivity contribution in [2.45, 2.75) is 6.42 Å². The Labute approximate surface area is 139 Å². The first-order valence-electron chi connectivity index (χ1n) is 7.99. The van der Waals surface area contributed by atoms with E-state index in [1.54, 1.807) is 0 Å². The first-order chi connectivity index (χ1) is 11.8. The molecule has 0 spiro atoms. The summed E-state index contributed by atoms with van der Waals surface area (Å²) in [5, 5.41) is 2.41. The topological polar surface area (TPSA) is 26.3 Å². The Morgan fingerprint density at radius 1 is 1.12 bits per heavy atom. The molecular weight excluding hydrogens is 296 g/mol. The van der Waals surface area contributed by atoms with E-state index < -0.39 is 5.97 Å². The number of benzene rings is 2. The molecule has 0 radical (unpaired) electrons. The summed E-state index contributed by atoms with van der Waals surface area (Å²) in [6, 6.07) is 10.6. The van der Waals surface area contributed by atoms with Crippen LogP contribution in [0.5, 0.6) is 0 Å². The summed E-state index contributed by atoms with van der Waals surface area (Å²) in [5.74, 6) is 0.196. The molecule has 114 valence electrons. The minimum Gasteiger partial charge on any atom is -0.423 e. The minimum atomic E-state index is -0.426. The van der Waals surface area contributed by atoms with Crippen LogP contribution in [-0.2, 0) is 16.0 Å². The van der Waals surface area contributed by atoms with Gasteiger partial charge in [-0.2, -0.15) is 0 Å². The van der Waals surface area contributed by atoms with Crippen LogP contribution in [0.15, 0.2) is 54.8 Å². The van der Waals surface area contributed by atoms with Crippen molar-refractivity contribution in [1.82, 2.24) is 0 Å². The molecule has 0 saturated carbocycles. The molecule has 0 atom stereocenters. The second-order valence-corrected chi connectivity index (χ2v) is 6.20. The van der Waals surface area contributed by atoms with Crippen molar-refractivity contribution < 1.29 is 9.53 Å². The summed E-state index contributed by atoms with van der Waals surface area (Å²) in [7, 11) is 0. The maximum absolute atomic E-state index is 11.8. The molecule has 5 rings (SSSR count). The third-order valence-corrected chi connectivity index (χ3v) is 4.88. The van der Waals surface area contributed by atoms with Crippen LogP contribution >= 0.6 is 0 Å². The zero-order valence-electron chi connectivity index (χ0n) is 13.0. The molecule has 3 aliphatic rings. The molecule has 0 saturated heterocycles. The van der Waals surface area contributed by atoms with Crippen LogP contribution in [0, 0.1) is 0 Å². The highest BCUT2D eigenvalue weighted by molar-refractivity contribution is 5.98.